The van der Waals surface area contributed by atoms with Gasteiger partial charge in [0.05, 0.1) is 13.5 Å². The Labute approximate surface area is 136 Å². The number of aryl methyl sites for hydroxylation is 1. The van der Waals surface area contributed by atoms with Crippen LogP contribution in [0.2, 0.25) is 0 Å². The molecule has 3 N–H and O–H groups in total. The summed E-state index contributed by atoms with van der Waals surface area (Å²) in [5.41, 5.74) is 1.31. The molecule has 0 radical (unpaired) electrons. The molecule has 2 heterocycles. The van der Waals surface area contributed by atoms with E-state index < -0.39 is 11.9 Å². The number of esters is 1. The van der Waals surface area contributed by atoms with E-state index in [4.69, 9.17) is 4.74 Å². The summed E-state index contributed by atoms with van der Waals surface area (Å²) in [7, 11) is 1.28. The lowest BCUT2D eigenvalue weighted by atomic mass is 9.89. The second-order valence-electron chi connectivity index (χ2n) is 5.59. The predicted octanol–water partition coefficient (Wildman–Crippen LogP) is 1.55. The van der Waals surface area contributed by atoms with E-state index in [0.29, 0.717) is 22.3 Å². The number of benzene rings is 1. The second-order valence-corrected chi connectivity index (χ2v) is 5.59. The molecule has 3 rings (SSSR count). The molecule has 1 aromatic carbocycles. The summed E-state index contributed by atoms with van der Waals surface area (Å²) in [4.78, 5) is 39.3. The van der Waals surface area contributed by atoms with Crippen LogP contribution in [0.1, 0.15) is 29.2 Å². The van der Waals surface area contributed by atoms with Gasteiger partial charge in [0.1, 0.15) is 0 Å². The first-order valence-electron chi connectivity index (χ1n) is 7.47. The number of carbonyl (C=O) groups is 1. The molecule has 7 nitrogen and oxygen atoms in total. The van der Waals surface area contributed by atoms with Gasteiger partial charge in [-0.3, -0.25) is 19.5 Å². The first-order chi connectivity index (χ1) is 11.5. The maximum atomic E-state index is 12.5. The number of rotatable bonds is 4. The Morgan fingerprint density at radius 1 is 1.17 bits per heavy atom. The number of H-pyrrole nitrogens is 3. The number of pyridine rings is 1. The van der Waals surface area contributed by atoms with E-state index in [-0.39, 0.29) is 17.5 Å². The van der Waals surface area contributed by atoms with Gasteiger partial charge in [0.25, 0.3) is 11.1 Å². The number of hydrogen-bond acceptors (Lipinski definition) is 4. The number of fused-ring (bicyclic) bond motifs is 1. The standard InChI is InChI=1S/C17H17N3O4/c1-9-15(17(23)20-19-9)11(8-14(21)24-2)12-7-10-5-3-4-6-13(10)18-16(12)22/h3-7,11H,8H2,1-2H3,(H,18,22)(H2,19,20,23)/t11-/m1/s1. The zero-order chi connectivity index (χ0) is 17.3. The summed E-state index contributed by atoms with van der Waals surface area (Å²) in [5, 5.41) is 6.05. The van der Waals surface area contributed by atoms with Crippen LogP contribution in [-0.4, -0.2) is 28.3 Å². The maximum absolute atomic E-state index is 12.5. The van der Waals surface area contributed by atoms with E-state index in [2.05, 4.69) is 15.2 Å². The number of para-hydroxylation sites is 1. The Hall–Kier alpha value is -3.09. The van der Waals surface area contributed by atoms with Crippen molar-refractivity contribution in [3.05, 3.63) is 67.9 Å². The van der Waals surface area contributed by atoms with E-state index >= 15 is 0 Å². The molecule has 0 bridgehead atoms. The molecule has 2 aromatic heterocycles. The molecule has 0 aliphatic rings. The van der Waals surface area contributed by atoms with E-state index in [0.717, 1.165) is 5.39 Å². The normalized spacial score (nSPS) is 12.2. The number of aromatic nitrogens is 3. The average Bonchev–Trinajstić information content (AvgIpc) is 2.91. The summed E-state index contributed by atoms with van der Waals surface area (Å²) in [5.74, 6) is -1.19. The fourth-order valence-corrected chi connectivity index (χ4v) is 2.92. The highest BCUT2D eigenvalue weighted by Crippen LogP contribution is 2.27. The minimum absolute atomic E-state index is 0.0975. The topological polar surface area (TPSA) is 108 Å². The van der Waals surface area contributed by atoms with E-state index in [1.54, 1.807) is 19.1 Å². The van der Waals surface area contributed by atoms with Crippen LogP contribution >= 0.6 is 0 Å². The van der Waals surface area contributed by atoms with E-state index in [1.807, 2.05) is 18.2 Å². The molecule has 0 fully saturated rings. The Balaban J connectivity index is 2.22. The molecule has 1 atom stereocenters. The third-order valence-corrected chi connectivity index (χ3v) is 4.12. The van der Waals surface area contributed by atoms with Crippen molar-refractivity contribution in [2.45, 2.75) is 19.3 Å². The molecule has 0 aliphatic carbocycles. The molecule has 24 heavy (non-hydrogen) atoms. The number of carbonyl (C=O) groups excluding carboxylic acids is 1. The van der Waals surface area contributed by atoms with Gasteiger partial charge < -0.3 is 14.8 Å². The SMILES string of the molecule is COC(=O)C[C@H](c1cc2ccccc2[nH]c1=O)c1c(C)[nH][nH]c1=O. The van der Waals surface area contributed by atoms with Gasteiger partial charge in [-0.05, 0) is 24.4 Å². The third-order valence-electron chi connectivity index (χ3n) is 4.12. The summed E-state index contributed by atoms with van der Waals surface area (Å²) >= 11 is 0. The van der Waals surface area contributed by atoms with Crippen LogP contribution in [0.3, 0.4) is 0 Å². The van der Waals surface area contributed by atoms with Crippen molar-refractivity contribution in [1.29, 1.82) is 0 Å². The molecule has 0 saturated carbocycles. The zero-order valence-electron chi connectivity index (χ0n) is 13.3. The first kappa shape index (κ1) is 15.8. The molecule has 7 heteroatoms. The van der Waals surface area contributed by atoms with Crippen molar-refractivity contribution in [2.24, 2.45) is 0 Å². The summed E-state index contributed by atoms with van der Waals surface area (Å²) in [6, 6.07) is 9.05. The summed E-state index contributed by atoms with van der Waals surface area (Å²) < 4.78 is 4.73. The number of ether oxygens (including phenoxy) is 1. The summed E-state index contributed by atoms with van der Waals surface area (Å²) in [6.07, 6.45) is -0.0975. The zero-order valence-corrected chi connectivity index (χ0v) is 13.3. The minimum atomic E-state index is -0.694. The molecule has 0 unspecified atom stereocenters. The lowest BCUT2D eigenvalue weighted by Gasteiger charge is -2.15. The molecular weight excluding hydrogens is 310 g/mol. The Bertz CT molecular complexity index is 1010. The number of aromatic amines is 3. The van der Waals surface area contributed by atoms with Crippen LogP contribution in [0.5, 0.6) is 0 Å². The quantitative estimate of drug-likeness (QED) is 0.632. The monoisotopic (exact) mass is 327 g/mol. The highest BCUT2D eigenvalue weighted by molar-refractivity contribution is 5.79. The van der Waals surface area contributed by atoms with Crippen molar-refractivity contribution in [1.82, 2.24) is 15.2 Å². The molecular formula is C17H17N3O4. The fraction of sp³-hybridized carbons (Fsp3) is 0.235. The Morgan fingerprint density at radius 3 is 2.58 bits per heavy atom. The second kappa shape index (κ2) is 6.19. The Kier molecular flexibility index (Phi) is 4.07. The summed E-state index contributed by atoms with van der Waals surface area (Å²) in [6.45, 7) is 1.72. The van der Waals surface area contributed by atoms with Gasteiger partial charge in [0, 0.05) is 28.3 Å². The van der Waals surface area contributed by atoms with Crippen LogP contribution in [0.25, 0.3) is 10.9 Å². The molecule has 0 aliphatic heterocycles. The van der Waals surface area contributed by atoms with Crippen LogP contribution < -0.4 is 11.1 Å². The van der Waals surface area contributed by atoms with Crippen molar-refractivity contribution in [3.8, 4) is 0 Å². The van der Waals surface area contributed by atoms with Gasteiger partial charge in [-0.25, -0.2) is 0 Å². The van der Waals surface area contributed by atoms with Gasteiger partial charge >= 0.3 is 5.97 Å². The van der Waals surface area contributed by atoms with Gasteiger partial charge in [-0.1, -0.05) is 18.2 Å². The van der Waals surface area contributed by atoms with Crippen LogP contribution in [-0.2, 0) is 9.53 Å². The maximum Gasteiger partial charge on any atom is 0.306 e. The molecule has 0 saturated heterocycles. The van der Waals surface area contributed by atoms with Crippen LogP contribution in [0, 0.1) is 6.92 Å². The number of methoxy groups -OCH3 is 1. The van der Waals surface area contributed by atoms with Crippen molar-refractivity contribution in [2.75, 3.05) is 7.11 Å². The molecule has 3 aromatic rings. The van der Waals surface area contributed by atoms with Crippen LogP contribution in [0.15, 0.2) is 39.9 Å². The van der Waals surface area contributed by atoms with Crippen molar-refractivity contribution >= 4 is 16.9 Å². The number of hydrogen-bond donors (Lipinski definition) is 3. The smallest absolute Gasteiger partial charge is 0.306 e. The first-order valence-corrected chi connectivity index (χ1v) is 7.47. The minimum Gasteiger partial charge on any atom is -0.469 e. The average molecular weight is 327 g/mol. The molecule has 124 valence electrons. The highest BCUT2D eigenvalue weighted by atomic mass is 16.5. The van der Waals surface area contributed by atoms with Crippen molar-refractivity contribution in [3.63, 3.8) is 0 Å². The number of nitrogens with one attached hydrogen (secondary N) is 3. The third kappa shape index (κ3) is 2.76. The lowest BCUT2D eigenvalue weighted by molar-refractivity contribution is -0.140. The largest absolute Gasteiger partial charge is 0.469 e. The van der Waals surface area contributed by atoms with Gasteiger partial charge in [-0.15, -0.1) is 0 Å². The molecule has 0 amide bonds. The van der Waals surface area contributed by atoms with Gasteiger partial charge in [0.2, 0.25) is 0 Å². The van der Waals surface area contributed by atoms with Crippen LogP contribution in [0.4, 0.5) is 0 Å². The molecule has 0 spiro atoms. The fourth-order valence-electron chi connectivity index (χ4n) is 2.92. The van der Waals surface area contributed by atoms with Crippen molar-refractivity contribution < 1.29 is 9.53 Å². The Morgan fingerprint density at radius 2 is 1.92 bits per heavy atom. The van der Waals surface area contributed by atoms with E-state index in [9.17, 15) is 14.4 Å². The van der Waals surface area contributed by atoms with E-state index in [1.165, 1.54) is 7.11 Å². The lowest BCUT2D eigenvalue weighted by Crippen LogP contribution is -2.23. The van der Waals surface area contributed by atoms with Gasteiger partial charge in [0.15, 0.2) is 0 Å². The predicted molar refractivity (Wildman–Crippen MR) is 89.2 cm³/mol. The highest BCUT2D eigenvalue weighted by Gasteiger charge is 2.27. The van der Waals surface area contributed by atoms with Gasteiger partial charge in [-0.2, -0.15) is 0 Å².